The lowest BCUT2D eigenvalue weighted by atomic mass is 10.1. The predicted octanol–water partition coefficient (Wildman–Crippen LogP) is 4.28. The first-order chi connectivity index (χ1) is 10.4. The van der Waals surface area contributed by atoms with Crippen LogP contribution in [0, 0.1) is 10.1 Å². The summed E-state index contributed by atoms with van der Waals surface area (Å²) in [4.78, 5) is 24.1. The number of halogens is 2. The lowest BCUT2D eigenvalue weighted by molar-refractivity contribution is -0.384. The van der Waals surface area contributed by atoms with E-state index in [2.05, 4.69) is 15.9 Å². The molecule has 114 valence electrons. The number of nitrogens with zero attached hydrogens (tertiary/aromatic N) is 2. The molecule has 0 aliphatic carbocycles. The van der Waals surface area contributed by atoms with Gasteiger partial charge in [0.1, 0.15) is 0 Å². The van der Waals surface area contributed by atoms with Crippen molar-refractivity contribution >= 4 is 39.1 Å². The number of carbonyl (C=O) groups is 1. The molecule has 0 saturated carbocycles. The Hall–Kier alpha value is -1.92. The first-order valence-corrected chi connectivity index (χ1v) is 7.50. The largest absolute Gasteiger partial charge is 0.337 e. The summed E-state index contributed by atoms with van der Waals surface area (Å²) in [7, 11) is 1.65. The number of hydrogen-bond donors (Lipinski definition) is 0. The lowest BCUT2D eigenvalue weighted by Gasteiger charge is -2.18. The fraction of sp³-hybridized carbons (Fsp3) is 0.133. The van der Waals surface area contributed by atoms with E-state index in [1.165, 1.54) is 23.1 Å². The maximum atomic E-state index is 12.4. The van der Waals surface area contributed by atoms with Crippen LogP contribution in [0.25, 0.3) is 0 Å². The van der Waals surface area contributed by atoms with Crippen LogP contribution >= 0.6 is 27.5 Å². The third-order valence-electron chi connectivity index (χ3n) is 3.11. The summed E-state index contributed by atoms with van der Waals surface area (Å²) in [5.41, 5.74) is 1.05. The minimum Gasteiger partial charge on any atom is -0.337 e. The van der Waals surface area contributed by atoms with E-state index < -0.39 is 4.92 Å². The second kappa shape index (κ2) is 6.89. The quantitative estimate of drug-likeness (QED) is 0.584. The predicted molar refractivity (Wildman–Crippen MR) is 88.0 cm³/mol. The number of rotatable bonds is 4. The van der Waals surface area contributed by atoms with Crippen molar-refractivity contribution in [3.05, 3.63) is 73.2 Å². The average Bonchev–Trinajstić information content (AvgIpc) is 2.48. The summed E-state index contributed by atoms with van der Waals surface area (Å²) in [5, 5.41) is 10.8. The van der Waals surface area contributed by atoms with Gasteiger partial charge in [-0.15, -0.1) is 0 Å². The summed E-state index contributed by atoms with van der Waals surface area (Å²) >= 11 is 9.42. The highest BCUT2D eigenvalue weighted by atomic mass is 79.9. The molecule has 1 amide bonds. The Morgan fingerprint density at radius 2 is 2.00 bits per heavy atom. The summed E-state index contributed by atoms with van der Waals surface area (Å²) in [5.74, 6) is -0.296. The van der Waals surface area contributed by atoms with Gasteiger partial charge in [-0.2, -0.15) is 0 Å². The SMILES string of the molecule is CN(Cc1ccccc1Br)C(=O)c1ccc([N+](=O)[O-])cc1Cl. The van der Waals surface area contributed by atoms with E-state index >= 15 is 0 Å². The van der Waals surface area contributed by atoms with Gasteiger partial charge in [-0.1, -0.05) is 45.7 Å². The zero-order valence-electron chi connectivity index (χ0n) is 11.6. The molecule has 0 bridgehead atoms. The number of benzene rings is 2. The second-order valence-electron chi connectivity index (χ2n) is 4.67. The van der Waals surface area contributed by atoms with E-state index in [4.69, 9.17) is 11.6 Å². The highest BCUT2D eigenvalue weighted by Gasteiger charge is 2.18. The van der Waals surface area contributed by atoms with Crippen molar-refractivity contribution in [2.45, 2.75) is 6.54 Å². The van der Waals surface area contributed by atoms with Crippen LogP contribution in [0.3, 0.4) is 0 Å². The first kappa shape index (κ1) is 16.5. The molecular formula is C15H12BrClN2O3. The maximum Gasteiger partial charge on any atom is 0.270 e. The molecule has 2 rings (SSSR count). The van der Waals surface area contributed by atoms with Crippen LogP contribution in [-0.2, 0) is 6.54 Å². The third kappa shape index (κ3) is 3.64. The van der Waals surface area contributed by atoms with Crippen molar-refractivity contribution in [2.75, 3.05) is 7.05 Å². The third-order valence-corrected chi connectivity index (χ3v) is 4.19. The van der Waals surface area contributed by atoms with Gasteiger partial charge in [0.2, 0.25) is 0 Å². The highest BCUT2D eigenvalue weighted by molar-refractivity contribution is 9.10. The van der Waals surface area contributed by atoms with Crippen LogP contribution in [0.4, 0.5) is 5.69 Å². The van der Waals surface area contributed by atoms with Gasteiger partial charge in [0.15, 0.2) is 0 Å². The fourth-order valence-corrected chi connectivity index (χ4v) is 2.62. The fourth-order valence-electron chi connectivity index (χ4n) is 1.95. The Morgan fingerprint density at radius 3 is 2.59 bits per heavy atom. The Balaban J connectivity index is 2.21. The van der Waals surface area contributed by atoms with Gasteiger partial charge in [-0.25, -0.2) is 0 Å². The molecule has 0 fully saturated rings. The number of nitro benzene ring substituents is 1. The molecule has 0 N–H and O–H groups in total. The summed E-state index contributed by atoms with van der Waals surface area (Å²) in [6, 6.07) is 11.4. The lowest BCUT2D eigenvalue weighted by Crippen LogP contribution is -2.26. The minimum absolute atomic E-state index is 0.0678. The van der Waals surface area contributed by atoms with E-state index in [9.17, 15) is 14.9 Å². The smallest absolute Gasteiger partial charge is 0.270 e. The van der Waals surface area contributed by atoms with Gasteiger partial charge in [0.25, 0.3) is 11.6 Å². The van der Waals surface area contributed by atoms with Crippen LogP contribution in [0.15, 0.2) is 46.9 Å². The Labute approximate surface area is 140 Å². The van der Waals surface area contributed by atoms with E-state index in [1.54, 1.807) is 7.05 Å². The molecule has 0 spiro atoms. The number of amides is 1. The van der Waals surface area contributed by atoms with Gasteiger partial charge in [0, 0.05) is 30.2 Å². The van der Waals surface area contributed by atoms with Crippen LogP contribution in [0.2, 0.25) is 5.02 Å². The first-order valence-electron chi connectivity index (χ1n) is 6.33. The summed E-state index contributed by atoms with van der Waals surface area (Å²) in [6.45, 7) is 0.396. The van der Waals surface area contributed by atoms with Crippen molar-refractivity contribution in [1.82, 2.24) is 4.90 Å². The molecule has 0 unspecified atom stereocenters. The van der Waals surface area contributed by atoms with Crippen LogP contribution in [0.1, 0.15) is 15.9 Å². The molecule has 0 aromatic heterocycles. The van der Waals surface area contributed by atoms with Gasteiger partial charge < -0.3 is 4.90 Å². The average molecular weight is 384 g/mol. The highest BCUT2D eigenvalue weighted by Crippen LogP contribution is 2.24. The summed E-state index contributed by atoms with van der Waals surface area (Å²) < 4.78 is 0.907. The Bertz CT molecular complexity index is 736. The molecule has 22 heavy (non-hydrogen) atoms. The molecule has 0 heterocycles. The molecule has 5 nitrogen and oxygen atoms in total. The van der Waals surface area contributed by atoms with Crippen LogP contribution in [-0.4, -0.2) is 22.8 Å². The zero-order chi connectivity index (χ0) is 16.3. The monoisotopic (exact) mass is 382 g/mol. The second-order valence-corrected chi connectivity index (χ2v) is 5.94. The van der Waals surface area contributed by atoms with Gasteiger partial charge in [-0.3, -0.25) is 14.9 Å². The molecule has 2 aromatic carbocycles. The topological polar surface area (TPSA) is 63.5 Å². The van der Waals surface area contributed by atoms with E-state index in [0.717, 1.165) is 10.0 Å². The Morgan fingerprint density at radius 1 is 1.32 bits per heavy atom. The molecular weight excluding hydrogens is 372 g/mol. The zero-order valence-corrected chi connectivity index (χ0v) is 14.0. The molecule has 2 aromatic rings. The molecule has 7 heteroatoms. The summed E-state index contributed by atoms with van der Waals surface area (Å²) in [6.07, 6.45) is 0. The van der Waals surface area contributed by atoms with Gasteiger partial charge in [-0.05, 0) is 17.7 Å². The van der Waals surface area contributed by atoms with E-state index in [0.29, 0.717) is 6.54 Å². The number of non-ortho nitro benzene ring substituents is 1. The van der Waals surface area contributed by atoms with Crippen molar-refractivity contribution in [3.8, 4) is 0 Å². The van der Waals surface area contributed by atoms with Gasteiger partial charge >= 0.3 is 0 Å². The van der Waals surface area contributed by atoms with Gasteiger partial charge in [0.05, 0.1) is 15.5 Å². The van der Waals surface area contributed by atoms with E-state index in [-0.39, 0.29) is 22.2 Å². The molecule has 0 aliphatic heterocycles. The molecule has 0 saturated heterocycles. The Kier molecular flexibility index (Phi) is 5.15. The van der Waals surface area contributed by atoms with Crippen molar-refractivity contribution in [2.24, 2.45) is 0 Å². The number of carbonyl (C=O) groups excluding carboxylic acids is 1. The van der Waals surface area contributed by atoms with Crippen molar-refractivity contribution in [3.63, 3.8) is 0 Å². The molecule has 0 atom stereocenters. The number of nitro groups is 1. The van der Waals surface area contributed by atoms with Crippen LogP contribution in [0.5, 0.6) is 0 Å². The van der Waals surface area contributed by atoms with Crippen LogP contribution < -0.4 is 0 Å². The molecule has 0 radical (unpaired) electrons. The number of hydrogen-bond acceptors (Lipinski definition) is 3. The molecule has 0 aliphatic rings. The van der Waals surface area contributed by atoms with Crippen molar-refractivity contribution in [1.29, 1.82) is 0 Å². The minimum atomic E-state index is -0.551. The standard InChI is InChI=1S/C15H12BrClN2O3/c1-18(9-10-4-2-3-5-13(10)16)15(20)12-7-6-11(19(21)22)8-14(12)17/h2-8H,9H2,1H3. The van der Waals surface area contributed by atoms with E-state index in [1.807, 2.05) is 24.3 Å². The van der Waals surface area contributed by atoms with Crippen molar-refractivity contribution < 1.29 is 9.72 Å². The normalized spacial score (nSPS) is 10.3. The maximum absolute atomic E-state index is 12.4.